The molecule has 39 heavy (non-hydrogen) atoms. The lowest BCUT2D eigenvalue weighted by Gasteiger charge is -2.20. The lowest BCUT2D eigenvalue weighted by atomic mass is 9.89. The molecule has 0 aliphatic heterocycles. The molecular weight excluding hydrogens is 506 g/mol. The van der Waals surface area contributed by atoms with Crippen molar-refractivity contribution in [1.29, 1.82) is 0 Å². The Kier molecular flexibility index (Phi) is 7.22. The Morgan fingerprint density at radius 1 is 0.744 bits per heavy atom. The van der Waals surface area contributed by atoms with Crippen molar-refractivity contribution < 1.29 is 17.9 Å². The molecule has 1 N–H and O–H groups in total. The van der Waals surface area contributed by atoms with E-state index in [1.165, 1.54) is 0 Å². The van der Waals surface area contributed by atoms with Crippen molar-refractivity contribution in [2.75, 3.05) is 4.72 Å². The number of benzene rings is 5. The van der Waals surface area contributed by atoms with Gasteiger partial charge in [-0.25, -0.2) is 13.2 Å². The van der Waals surface area contributed by atoms with Crippen LogP contribution < -0.4 is 4.72 Å². The first-order valence-electron chi connectivity index (χ1n) is 12.7. The van der Waals surface area contributed by atoms with Gasteiger partial charge in [0, 0.05) is 11.1 Å². The minimum Gasteiger partial charge on any atom is -0.457 e. The Morgan fingerprint density at radius 2 is 1.44 bits per heavy atom. The van der Waals surface area contributed by atoms with Gasteiger partial charge in [0.2, 0.25) is 0 Å². The summed E-state index contributed by atoms with van der Waals surface area (Å²) in [6, 6.07) is 31.4. The average Bonchev–Trinajstić information content (AvgIpc) is 2.92. The number of esters is 1. The third-order valence-electron chi connectivity index (χ3n) is 6.67. The van der Waals surface area contributed by atoms with Crippen LogP contribution in [0.15, 0.2) is 108 Å². The van der Waals surface area contributed by atoms with Gasteiger partial charge in [-0.1, -0.05) is 84.4 Å². The highest BCUT2D eigenvalue weighted by atomic mass is 32.2. The van der Waals surface area contributed by atoms with Gasteiger partial charge in [0.25, 0.3) is 10.0 Å². The van der Waals surface area contributed by atoms with Gasteiger partial charge in [-0.05, 0) is 72.5 Å². The van der Waals surface area contributed by atoms with Gasteiger partial charge in [0.1, 0.15) is 6.61 Å². The van der Waals surface area contributed by atoms with Crippen molar-refractivity contribution >= 4 is 32.5 Å². The van der Waals surface area contributed by atoms with Crippen LogP contribution in [0.1, 0.15) is 32.6 Å². The first-order valence-corrected chi connectivity index (χ1v) is 14.2. The summed E-state index contributed by atoms with van der Waals surface area (Å²) in [5.41, 5.74) is 5.62. The monoisotopic (exact) mass is 535 g/mol. The summed E-state index contributed by atoms with van der Waals surface area (Å²) in [4.78, 5) is 13.7. The summed E-state index contributed by atoms with van der Waals surface area (Å²) in [6.07, 6.45) is 0. The van der Waals surface area contributed by atoms with E-state index in [2.05, 4.69) is 4.72 Å². The van der Waals surface area contributed by atoms with Crippen LogP contribution in [0.4, 0.5) is 5.69 Å². The Labute approximate surface area is 229 Å². The number of rotatable bonds is 7. The smallest absolute Gasteiger partial charge is 0.339 e. The van der Waals surface area contributed by atoms with Crippen molar-refractivity contribution in [3.05, 3.63) is 131 Å². The highest BCUT2D eigenvalue weighted by molar-refractivity contribution is 7.92. The van der Waals surface area contributed by atoms with Crippen molar-refractivity contribution in [3.8, 4) is 11.1 Å². The maximum atomic E-state index is 13.5. The van der Waals surface area contributed by atoms with Crippen molar-refractivity contribution in [3.63, 3.8) is 0 Å². The second kappa shape index (κ2) is 10.8. The fourth-order valence-corrected chi connectivity index (χ4v) is 5.88. The number of carbonyl (C=O) groups is 1. The third kappa shape index (κ3) is 5.56. The van der Waals surface area contributed by atoms with E-state index in [0.717, 1.165) is 33.0 Å². The number of carbonyl (C=O) groups excluding carboxylic acids is 1. The zero-order valence-electron chi connectivity index (χ0n) is 22.1. The number of aryl methyl sites for hydroxylation is 3. The maximum absolute atomic E-state index is 13.5. The molecule has 0 aromatic heterocycles. The molecule has 0 saturated carbocycles. The normalized spacial score (nSPS) is 11.4. The predicted octanol–water partition coefficient (Wildman–Crippen LogP) is 7.59. The topological polar surface area (TPSA) is 72.5 Å². The van der Waals surface area contributed by atoms with Gasteiger partial charge in [-0.15, -0.1) is 0 Å². The standard InChI is InChI=1S/C33H29NO4S/c1-22-13-16-27(17-14-22)39(36,37)34-30-20-23(2)19-24(3)31(30)32-28-12-8-7-11-26(28)15-18-29(32)33(35)38-21-25-9-5-4-6-10-25/h4-20,34H,21H2,1-3H3. The molecule has 0 radical (unpaired) electrons. The number of ether oxygens (including phenoxy) is 1. The largest absolute Gasteiger partial charge is 0.457 e. The van der Waals surface area contributed by atoms with Gasteiger partial charge in [0.15, 0.2) is 0 Å². The first kappa shape index (κ1) is 26.2. The lowest BCUT2D eigenvalue weighted by Crippen LogP contribution is -2.15. The average molecular weight is 536 g/mol. The zero-order valence-corrected chi connectivity index (χ0v) is 22.9. The van der Waals surface area contributed by atoms with Gasteiger partial charge in [-0.3, -0.25) is 4.72 Å². The summed E-state index contributed by atoms with van der Waals surface area (Å²) in [5.74, 6) is -0.480. The van der Waals surface area contributed by atoms with Crippen LogP contribution in [-0.2, 0) is 21.4 Å². The fraction of sp³-hybridized carbons (Fsp3) is 0.121. The highest BCUT2D eigenvalue weighted by Crippen LogP contribution is 2.40. The van der Waals surface area contributed by atoms with E-state index < -0.39 is 16.0 Å². The van der Waals surface area contributed by atoms with Crippen LogP contribution in [0.2, 0.25) is 0 Å². The van der Waals surface area contributed by atoms with E-state index in [0.29, 0.717) is 22.4 Å². The Hall–Kier alpha value is -4.42. The van der Waals surface area contributed by atoms with Crippen molar-refractivity contribution in [1.82, 2.24) is 0 Å². The predicted molar refractivity (Wildman–Crippen MR) is 156 cm³/mol. The van der Waals surface area contributed by atoms with Crippen molar-refractivity contribution in [2.24, 2.45) is 0 Å². The van der Waals surface area contributed by atoms with Crippen molar-refractivity contribution in [2.45, 2.75) is 32.3 Å². The maximum Gasteiger partial charge on any atom is 0.339 e. The van der Waals surface area contributed by atoms with E-state index in [4.69, 9.17) is 4.74 Å². The number of sulfonamides is 1. The second-order valence-corrected chi connectivity index (χ2v) is 11.4. The van der Waals surface area contributed by atoms with E-state index in [1.807, 2.05) is 87.5 Å². The van der Waals surface area contributed by atoms with Gasteiger partial charge < -0.3 is 4.74 Å². The van der Waals surface area contributed by atoms with Gasteiger partial charge in [0.05, 0.1) is 16.1 Å². The SMILES string of the molecule is Cc1ccc(S(=O)(=O)Nc2cc(C)cc(C)c2-c2c(C(=O)OCc3ccccc3)ccc3ccccc23)cc1. The quantitative estimate of drug-likeness (QED) is 0.218. The Balaban J connectivity index is 1.66. The molecule has 0 saturated heterocycles. The second-order valence-electron chi connectivity index (χ2n) is 9.69. The molecule has 6 heteroatoms. The Morgan fingerprint density at radius 3 is 2.18 bits per heavy atom. The van der Waals surface area contributed by atoms with Crippen LogP contribution in [0.25, 0.3) is 21.9 Å². The summed E-state index contributed by atoms with van der Waals surface area (Å²) < 4.78 is 35.5. The van der Waals surface area contributed by atoms with E-state index in [1.54, 1.807) is 36.4 Å². The third-order valence-corrected chi connectivity index (χ3v) is 8.05. The summed E-state index contributed by atoms with van der Waals surface area (Å²) in [5, 5.41) is 1.76. The minimum atomic E-state index is -3.89. The van der Waals surface area contributed by atoms with Crippen LogP contribution in [0.5, 0.6) is 0 Å². The van der Waals surface area contributed by atoms with Crippen LogP contribution in [0.3, 0.4) is 0 Å². The summed E-state index contributed by atoms with van der Waals surface area (Å²) >= 11 is 0. The number of nitrogens with one attached hydrogen (secondary N) is 1. The molecule has 0 atom stereocenters. The molecule has 196 valence electrons. The molecule has 0 aliphatic rings. The van der Waals surface area contributed by atoms with Crippen LogP contribution >= 0.6 is 0 Å². The number of anilines is 1. The molecule has 0 fully saturated rings. The van der Waals surface area contributed by atoms with Crippen LogP contribution in [0, 0.1) is 20.8 Å². The minimum absolute atomic E-state index is 0.131. The molecular formula is C33H29NO4S. The number of fused-ring (bicyclic) bond motifs is 1. The molecule has 0 amide bonds. The molecule has 0 spiro atoms. The molecule has 0 unspecified atom stereocenters. The molecule has 0 aliphatic carbocycles. The molecule has 5 nitrogen and oxygen atoms in total. The number of hydrogen-bond acceptors (Lipinski definition) is 4. The molecule has 0 bridgehead atoms. The molecule has 0 heterocycles. The van der Waals surface area contributed by atoms with Crippen LogP contribution in [-0.4, -0.2) is 14.4 Å². The fourth-order valence-electron chi connectivity index (χ4n) is 4.81. The zero-order chi connectivity index (χ0) is 27.6. The summed E-state index contributed by atoms with van der Waals surface area (Å²) in [7, 11) is -3.89. The van der Waals surface area contributed by atoms with E-state index in [-0.39, 0.29) is 11.5 Å². The first-order chi connectivity index (χ1) is 18.7. The van der Waals surface area contributed by atoms with E-state index in [9.17, 15) is 13.2 Å². The Bertz CT molecular complexity index is 1780. The molecule has 5 aromatic carbocycles. The van der Waals surface area contributed by atoms with Gasteiger partial charge in [-0.2, -0.15) is 0 Å². The lowest BCUT2D eigenvalue weighted by molar-refractivity contribution is 0.0474. The van der Waals surface area contributed by atoms with E-state index >= 15 is 0 Å². The highest BCUT2D eigenvalue weighted by Gasteiger charge is 2.24. The molecule has 5 aromatic rings. The molecule has 5 rings (SSSR count). The summed E-state index contributed by atoms with van der Waals surface area (Å²) in [6.45, 7) is 5.88. The number of hydrogen-bond donors (Lipinski definition) is 1. The van der Waals surface area contributed by atoms with Gasteiger partial charge >= 0.3 is 5.97 Å².